The van der Waals surface area contributed by atoms with Crippen molar-refractivity contribution in [3.63, 3.8) is 0 Å². The highest BCUT2D eigenvalue weighted by Crippen LogP contribution is 2.25. The van der Waals surface area contributed by atoms with Gasteiger partial charge in [-0.05, 0) is 32.3 Å². The first kappa shape index (κ1) is 12.3. The Morgan fingerprint density at radius 1 is 1.27 bits per heavy atom. The summed E-state index contributed by atoms with van der Waals surface area (Å²) in [5, 5.41) is 9.97. The lowest BCUT2D eigenvalue weighted by Crippen LogP contribution is -1.98. The Labute approximate surface area is 92.3 Å². The van der Waals surface area contributed by atoms with Crippen molar-refractivity contribution in [3.8, 4) is 0 Å². The first-order valence-electron chi connectivity index (χ1n) is 5.75. The number of aliphatic hydroxyl groups excluding tert-OH is 1. The largest absolute Gasteiger partial charge is 0.466 e. The molecule has 15 heavy (non-hydrogen) atoms. The molecule has 1 aromatic rings. The van der Waals surface area contributed by atoms with E-state index < -0.39 is 0 Å². The van der Waals surface area contributed by atoms with Crippen LogP contribution in [0.4, 0.5) is 0 Å². The first-order valence-corrected chi connectivity index (χ1v) is 5.75. The minimum atomic E-state index is -0.360. The van der Waals surface area contributed by atoms with Gasteiger partial charge in [-0.2, -0.15) is 0 Å². The van der Waals surface area contributed by atoms with Crippen LogP contribution in [0.2, 0.25) is 0 Å². The van der Waals surface area contributed by atoms with Crippen LogP contribution < -0.4 is 0 Å². The van der Waals surface area contributed by atoms with Crippen LogP contribution in [0, 0.1) is 19.8 Å². The van der Waals surface area contributed by atoms with Crippen LogP contribution >= 0.6 is 0 Å². The molecular weight excluding hydrogens is 188 g/mol. The van der Waals surface area contributed by atoms with Gasteiger partial charge in [0, 0.05) is 5.56 Å². The van der Waals surface area contributed by atoms with Gasteiger partial charge in [0.05, 0.1) is 6.10 Å². The second kappa shape index (κ2) is 5.36. The molecule has 0 bridgehead atoms. The summed E-state index contributed by atoms with van der Waals surface area (Å²) >= 11 is 0. The quantitative estimate of drug-likeness (QED) is 0.802. The van der Waals surface area contributed by atoms with Crippen molar-refractivity contribution < 1.29 is 9.52 Å². The number of hydrogen-bond donors (Lipinski definition) is 1. The third kappa shape index (κ3) is 3.71. The highest BCUT2D eigenvalue weighted by atomic mass is 16.3. The van der Waals surface area contributed by atoms with E-state index in [1.54, 1.807) is 0 Å². The van der Waals surface area contributed by atoms with Crippen molar-refractivity contribution in [3.05, 3.63) is 23.2 Å². The summed E-state index contributed by atoms with van der Waals surface area (Å²) in [6.07, 6.45) is 2.72. The van der Waals surface area contributed by atoms with Gasteiger partial charge in [-0.25, -0.2) is 0 Å². The first-order chi connectivity index (χ1) is 7.00. The van der Waals surface area contributed by atoms with E-state index in [0.29, 0.717) is 5.92 Å². The molecule has 0 amide bonds. The van der Waals surface area contributed by atoms with Crippen molar-refractivity contribution in [1.29, 1.82) is 0 Å². The molecule has 0 aliphatic heterocycles. The Hall–Kier alpha value is -0.760. The van der Waals surface area contributed by atoms with Gasteiger partial charge in [-0.3, -0.25) is 0 Å². The van der Waals surface area contributed by atoms with E-state index in [1.165, 1.54) is 6.42 Å². The van der Waals surface area contributed by atoms with Crippen molar-refractivity contribution in [1.82, 2.24) is 0 Å². The van der Waals surface area contributed by atoms with Crippen LogP contribution in [0.25, 0.3) is 0 Å². The van der Waals surface area contributed by atoms with Crippen molar-refractivity contribution >= 4 is 0 Å². The number of furan rings is 1. The van der Waals surface area contributed by atoms with Crippen LogP contribution in [0.5, 0.6) is 0 Å². The van der Waals surface area contributed by atoms with Gasteiger partial charge in [-0.15, -0.1) is 0 Å². The predicted octanol–water partition coefficient (Wildman–Crippen LogP) is 3.76. The Morgan fingerprint density at radius 2 is 1.93 bits per heavy atom. The smallest absolute Gasteiger partial charge is 0.106 e. The Bertz CT molecular complexity index is 299. The minimum absolute atomic E-state index is 0.360. The zero-order valence-corrected chi connectivity index (χ0v) is 10.2. The molecule has 0 aliphatic carbocycles. The molecule has 1 heterocycles. The maximum Gasteiger partial charge on any atom is 0.106 e. The molecule has 2 nitrogen and oxygen atoms in total. The third-order valence-electron chi connectivity index (χ3n) is 2.70. The summed E-state index contributed by atoms with van der Waals surface area (Å²) in [5.74, 6) is 2.44. The molecule has 0 saturated carbocycles. The zero-order chi connectivity index (χ0) is 11.4. The second-order valence-corrected chi connectivity index (χ2v) is 4.71. The van der Waals surface area contributed by atoms with Crippen LogP contribution in [0.3, 0.4) is 0 Å². The summed E-state index contributed by atoms with van der Waals surface area (Å²) < 4.78 is 5.40. The van der Waals surface area contributed by atoms with Crippen molar-refractivity contribution in [2.75, 3.05) is 0 Å². The minimum Gasteiger partial charge on any atom is -0.466 e. The fraction of sp³-hybridized carbons (Fsp3) is 0.692. The van der Waals surface area contributed by atoms with Gasteiger partial charge in [0.1, 0.15) is 11.5 Å². The van der Waals surface area contributed by atoms with Gasteiger partial charge < -0.3 is 9.52 Å². The Kier molecular flexibility index (Phi) is 4.40. The van der Waals surface area contributed by atoms with Crippen LogP contribution in [0.15, 0.2) is 10.5 Å². The topological polar surface area (TPSA) is 33.4 Å². The molecule has 0 saturated heterocycles. The predicted molar refractivity (Wildman–Crippen MR) is 61.8 cm³/mol. The van der Waals surface area contributed by atoms with Crippen molar-refractivity contribution in [2.45, 2.75) is 53.1 Å². The van der Waals surface area contributed by atoms with Gasteiger partial charge >= 0.3 is 0 Å². The molecule has 2 heteroatoms. The van der Waals surface area contributed by atoms with Gasteiger partial charge in [0.15, 0.2) is 0 Å². The lowest BCUT2D eigenvalue weighted by molar-refractivity contribution is 0.160. The van der Waals surface area contributed by atoms with Gasteiger partial charge in [-0.1, -0.05) is 26.7 Å². The molecule has 0 aromatic carbocycles. The molecule has 1 rings (SSSR count). The molecule has 0 radical (unpaired) electrons. The lowest BCUT2D eigenvalue weighted by Gasteiger charge is -2.10. The lowest BCUT2D eigenvalue weighted by atomic mass is 10.0. The number of rotatable bonds is 5. The zero-order valence-electron chi connectivity index (χ0n) is 10.2. The molecule has 0 spiro atoms. The number of aliphatic hydroxyl groups is 1. The van der Waals surface area contributed by atoms with E-state index >= 15 is 0 Å². The van der Waals surface area contributed by atoms with Gasteiger partial charge in [0.25, 0.3) is 0 Å². The molecule has 0 aliphatic rings. The standard InChI is InChI=1S/C13H22O2/c1-9(2)6-5-7-13(14)12-8-10(3)15-11(12)4/h8-9,13-14H,5-7H2,1-4H3. The van der Waals surface area contributed by atoms with Crippen LogP contribution in [0.1, 0.15) is 56.3 Å². The summed E-state index contributed by atoms with van der Waals surface area (Å²) in [6, 6.07) is 1.94. The maximum absolute atomic E-state index is 9.97. The normalized spacial score (nSPS) is 13.5. The molecule has 1 N–H and O–H groups in total. The van der Waals surface area contributed by atoms with E-state index in [1.807, 2.05) is 19.9 Å². The van der Waals surface area contributed by atoms with E-state index in [0.717, 1.165) is 29.9 Å². The average molecular weight is 210 g/mol. The average Bonchev–Trinajstić information content (AvgIpc) is 2.44. The summed E-state index contributed by atoms with van der Waals surface area (Å²) in [6.45, 7) is 8.24. The highest BCUT2D eigenvalue weighted by Gasteiger charge is 2.13. The fourth-order valence-corrected chi connectivity index (χ4v) is 1.86. The molecule has 1 aromatic heterocycles. The van der Waals surface area contributed by atoms with E-state index in [9.17, 15) is 5.11 Å². The number of hydrogen-bond acceptors (Lipinski definition) is 2. The van der Waals surface area contributed by atoms with Gasteiger partial charge in [0.2, 0.25) is 0 Å². The second-order valence-electron chi connectivity index (χ2n) is 4.71. The Morgan fingerprint density at radius 3 is 2.40 bits per heavy atom. The summed E-state index contributed by atoms with van der Waals surface area (Å²) in [7, 11) is 0. The highest BCUT2D eigenvalue weighted by molar-refractivity contribution is 5.22. The van der Waals surface area contributed by atoms with Crippen molar-refractivity contribution in [2.24, 2.45) is 5.92 Å². The molecule has 86 valence electrons. The van der Waals surface area contributed by atoms with E-state index in [4.69, 9.17) is 4.42 Å². The summed E-state index contributed by atoms with van der Waals surface area (Å²) in [5.41, 5.74) is 0.955. The van der Waals surface area contributed by atoms with Crippen LogP contribution in [-0.2, 0) is 0 Å². The summed E-state index contributed by atoms with van der Waals surface area (Å²) in [4.78, 5) is 0. The maximum atomic E-state index is 9.97. The fourth-order valence-electron chi connectivity index (χ4n) is 1.86. The van der Waals surface area contributed by atoms with E-state index in [2.05, 4.69) is 13.8 Å². The molecule has 1 unspecified atom stereocenters. The van der Waals surface area contributed by atoms with Crippen LogP contribution in [-0.4, -0.2) is 5.11 Å². The third-order valence-corrected chi connectivity index (χ3v) is 2.70. The molecule has 0 fully saturated rings. The number of aryl methyl sites for hydroxylation is 2. The monoisotopic (exact) mass is 210 g/mol. The van der Waals surface area contributed by atoms with E-state index in [-0.39, 0.29) is 6.10 Å². The molecule has 1 atom stereocenters. The Balaban J connectivity index is 2.46. The molecular formula is C13H22O2. The SMILES string of the molecule is Cc1cc(C(O)CCCC(C)C)c(C)o1.